The molecule has 1 aromatic rings. The standard InChI is InChI=1S/C11H21N3O2S/c1-7(2)14(8(3)4)17(15,16)11-9(5)12-13-10(11)6/h7-8H,1-6H3,(H,12,13). The molecule has 0 aliphatic heterocycles. The van der Waals surface area contributed by atoms with E-state index >= 15 is 0 Å². The average molecular weight is 259 g/mol. The van der Waals surface area contributed by atoms with Gasteiger partial charge in [-0.25, -0.2) is 8.42 Å². The van der Waals surface area contributed by atoms with Crippen LogP contribution in [0.25, 0.3) is 0 Å². The fourth-order valence-electron chi connectivity index (χ4n) is 2.18. The molecule has 0 aliphatic carbocycles. The maximum Gasteiger partial charge on any atom is 0.247 e. The zero-order valence-electron chi connectivity index (χ0n) is 11.3. The van der Waals surface area contributed by atoms with Crippen molar-refractivity contribution in [3.8, 4) is 0 Å². The van der Waals surface area contributed by atoms with E-state index in [1.54, 1.807) is 13.8 Å². The van der Waals surface area contributed by atoms with Gasteiger partial charge in [-0.05, 0) is 41.5 Å². The molecule has 0 amide bonds. The van der Waals surface area contributed by atoms with E-state index in [9.17, 15) is 8.42 Å². The summed E-state index contributed by atoms with van der Waals surface area (Å²) in [4.78, 5) is 0.305. The van der Waals surface area contributed by atoms with Gasteiger partial charge in [0.15, 0.2) is 0 Å². The Kier molecular flexibility index (Phi) is 3.99. The SMILES string of the molecule is Cc1n[nH]c(C)c1S(=O)(=O)N(C(C)C)C(C)C. The molecule has 0 atom stereocenters. The van der Waals surface area contributed by atoms with Gasteiger partial charge in [-0.2, -0.15) is 9.40 Å². The predicted molar refractivity (Wildman–Crippen MR) is 67.4 cm³/mol. The van der Waals surface area contributed by atoms with Gasteiger partial charge in [-0.3, -0.25) is 5.10 Å². The Labute approximate surface area is 103 Å². The van der Waals surface area contributed by atoms with Crippen LogP contribution >= 0.6 is 0 Å². The van der Waals surface area contributed by atoms with Crippen molar-refractivity contribution in [3.05, 3.63) is 11.4 Å². The molecule has 17 heavy (non-hydrogen) atoms. The van der Waals surface area contributed by atoms with E-state index in [0.717, 1.165) is 0 Å². The third kappa shape index (κ3) is 2.52. The Bertz CT molecular complexity index is 461. The summed E-state index contributed by atoms with van der Waals surface area (Å²) >= 11 is 0. The minimum absolute atomic E-state index is 0.0753. The number of aromatic amines is 1. The normalized spacial score (nSPS) is 13.0. The molecule has 0 saturated carbocycles. The molecular weight excluding hydrogens is 238 g/mol. The van der Waals surface area contributed by atoms with Gasteiger partial charge in [0.1, 0.15) is 4.90 Å². The fourth-order valence-corrected chi connectivity index (χ4v) is 4.35. The summed E-state index contributed by atoms with van der Waals surface area (Å²) in [6.07, 6.45) is 0. The highest BCUT2D eigenvalue weighted by Crippen LogP contribution is 2.25. The van der Waals surface area contributed by atoms with Crippen LogP contribution in [-0.4, -0.2) is 35.0 Å². The van der Waals surface area contributed by atoms with E-state index in [-0.39, 0.29) is 12.1 Å². The van der Waals surface area contributed by atoms with Gasteiger partial charge in [0.25, 0.3) is 0 Å². The predicted octanol–water partition coefficient (Wildman–Crippen LogP) is 1.83. The Hall–Kier alpha value is -0.880. The topological polar surface area (TPSA) is 66.1 Å². The molecule has 1 aromatic heterocycles. The van der Waals surface area contributed by atoms with E-state index < -0.39 is 10.0 Å². The van der Waals surface area contributed by atoms with Crippen molar-refractivity contribution in [2.24, 2.45) is 0 Å². The maximum atomic E-state index is 12.6. The molecule has 0 fully saturated rings. The van der Waals surface area contributed by atoms with E-state index in [1.807, 2.05) is 27.7 Å². The molecule has 0 unspecified atom stereocenters. The second-order valence-corrected chi connectivity index (χ2v) is 6.57. The first-order valence-electron chi connectivity index (χ1n) is 5.74. The lowest BCUT2D eigenvalue weighted by atomic mass is 10.3. The van der Waals surface area contributed by atoms with Crippen LogP contribution in [-0.2, 0) is 10.0 Å². The number of sulfonamides is 1. The lowest BCUT2D eigenvalue weighted by Crippen LogP contribution is -2.42. The van der Waals surface area contributed by atoms with Crippen molar-refractivity contribution in [3.63, 3.8) is 0 Å². The van der Waals surface area contributed by atoms with Gasteiger partial charge >= 0.3 is 0 Å². The molecule has 0 saturated heterocycles. The monoisotopic (exact) mass is 259 g/mol. The maximum absolute atomic E-state index is 12.6. The minimum Gasteiger partial charge on any atom is -0.281 e. The zero-order chi connectivity index (χ0) is 13.4. The smallest absolute Gasteiger partial charge is 0.247 e. The lowest BCUT2D eigenvalue weighted by Gasteiger charge is -2.29. The van der Waals surface area contributed by atoms with Crippen LogP contribution in [0, 0.1) is 13.8 Å². The minimum atomic E-state index is -3.48. The second-order valence-electron chi connectivity index (χ2n) is 4.79. The molecule has 6 heteroatoms. The average Bonchev–Trinajstić information content (AvgIpc) is 2.43. The number of hydrogen-bond donors (Lipinski definition) is 1. The third-order valence-electron chi connectivity index (χ3n) is 2.61. The van der Waals surface area contributed by atoms with Gasteiger partial charge in [0, 0.05) is 12.1 Å². The highest BCUT2D eigenvalue weighted by molar-refractivity contribution is 7.89. The summed E-state index contributed by atoms with van der Waals surface area (Å²) in [7, 11) is -3.48. The quantitative estimate of drug-likeness (QED) is 0.897. The van der Waals surface area contributed by atoms with E-state index in [4.69, 9.17) is 0 Å². The summed E-state index contributed by atoms with van der Waals surface area (Å²) < 4.78 is 26.7. The first kappa shape index (κ1) is 14.2. The molecule has 0 spiro atoms. The number of hydrogen-bond acceptors (Lipinski definition) is 3. The Morgan fingerprint density at radius 3 is 1.88 bits per heavy atom. The highest BCUT2D eigenvalue weighted by atomic mass is 32.2. The van der Waals surface area contributed by atoms with Gasteiger partial charge in [-0.1, -0.05) is 0 Å². The third-order valence-corrected chi connectivity index (χ3v) is 5.13. The molecule has 0 aliphatic rings. The van der Waals surface area contributed by atoms with Crippen LogP contribution < -0.4 is 0 Å². The van der Waals surface area contributed by atoms with E-state index in [0.29, 0.717) is 16.3 Å². The number of aryl methyl sites for hydroxylation is 2. The van der Waals surface area contributed by atoms with Gasteiger partial charge in [-0.15, -0.1) is 0 Å². The summed E-state index contributed by atoms with van der Waals surface area (Å²) in [5.41, 5.74) is 1.11. The van der Waals surface area contributed by atoms with Crippen LogP contribution in [0.4, 0.5) is 0 Å². The van der Waals surface area contributed by atoms with Gasteiger partial charge < -0.3 is 0 Å². The summed E-state index contributed by atoms with van der Waals surface area (Å²) in [6.45, 7) is 10.9. The zero-order valence-corrected chi connectivity index (χ0v) is 12.1. The van der Waals surface area contributed by atoms with Crippen LogP contribution in [0.15, 0.2) is 4.90 Å². The van der Waals surface area contributed by atoms with Crippen LogP contribution in [0.5, 0.6) is 0 Å². The largest absolute Gasteiger partial charge is 0.281 e. The van der Waals surface area contributed by atoms with E-state index in [2.05, 4.69) is 10.2 Å². The molecule has 1 rings (SSSR count). The molecule has 1 N–H and O–H groups in total. The van der Waals surface area contributed by atoms with E-state index in [1.165, 1.54) is 4.31 Å². The van der Waals surface area contributed by atoms with Crippen molar-refractivity contribution >= 4 is 10.0 Å². The van der Waals surface area contributed by atoms with Crippen molar-refractivity contribution in [1.29, 1.82) is 0 Å². The summed E-state index contributed by atoms with van der Waals surface area (Å²) in [6, 6.07) is -0.151. The summed E-state index contributed by atoms with van der Waals surface area (Å²) in [5, 5.41) is 6.67. The molecule has 0 aromatic carbocycles. The lowest BCUT2D eigenvalue weighted by molar-refractivity contribution is 0.302. The fraction of sp³-hybridized carbons (Fsp3) is 0.727. The van der Waals surface area contributed by atoms with Crippen molar-refractivity contribution in [2.45, 2.75) is 58.5 Å². The van der Waals surface area contributed by atoms with Crippen molar-refractivity contribution in [1.82, 2.24) is 14.5 Å². The molecule has 0 bridgehead atoms. The Morgan fingerprint density at radius 2 is 1.59 bits per heavy atom. The summed E-state index contributed by atoms with van der Waals surface area (Å²) in [5.74, 6) is 0. The number of aromatic nitrogens is 2. The molecule has 5 nitrogen and oxygen atoms in total. The number of nitrogens with zero attached hydrogens (tertiary/aromatic N) is 2. The van der Waals surface area contributed by atoms with Crippen LogP contribution in [0.3, 0.4) is 0 Å². The second kappa shape index (κ2) is 4.78. The first-order valence-corrected chi connectivity index (χ1v) is 7.18. The molecule has 98 valence electrons. The van der Waals surface area contributed by atoms with Crippen molar-refractivity contribution < 1.29 is 8.42 Å². The van der Waals surface area contributed by atoms with Gasteiger partial charge in [0.2, 0.25) is 10.0 Å². The molecule has 0 radical (unpaired) electrons. The Balaban J connectivity index is 3.37. The highest BCUT2D eigenvalue weighted by Gasteiger charge is 2.33. The molecule has 1 heterocycles. The number of rotatable bonds is 4. The van der Waals surface area contributed by atoms with Crippen molar-refractivity contribution in [2.75, 3.05) is 0 Å². The number of nitrogens with one attached hydrogen (secondary N) is 1. The van der Waals surface area contributed by atoms with Crippen LogP contribution in [0.1, 0.15) is 39.1 Å². The van der Waals surface area contributed by atoms with Crippen LogP contribution in [0.2, 0.25) is 0 Å². The number of H-pyrrole nitrogens is 1. The first-order chi connectivity index (χ1) is 7.69. The molecular formula is C11H21N3O2S. The van der Waals surface area contributed by atoms with Gasteiger partial charge in [0.05, 0.1) is 11.4 Å². The Morgan fingerprint density at radius 1 is 1.12 bits per heavy atom.